The predicted octanol–water partition coefficient (Wildman–Crippen LogP) is 5.16. The van der Waals surface area contributed by atoms with Crippen molar-refractivity contribution in [1.29, 1.82) is 0 Å². The van der Waals surface area contributed by atoms with Crippen molar-refractivity contribution in [2.75, 3.05) is 0 Å². The highest BCUT2D eigenvalue weighted by Gasteiger charge is 2.56. The molecule has 1 unspecified atom stereocenters. The molecule has 0 aliphatic carbocycles. The van der Waals surface area contributed by atoms with Gasteiger partial charge >= 0.3 is 6.18 Å². The molecule has 0 radical (unpaired) electrons. The van der Waals surface area contributed by atoms with Gasteiger partial charge in [-0.3, -0.25) is 4.98 Å². The number of benzene rings is 1. The van der Waals surface area contributed by atoms with Gasteiger partial charge in [0.15, 0.2) is 5.60 Å². The summed E-state index contributed by atoms with van der Waals surface area (Å²) in [5.74, 6) is -1.00. The zero-order valence-corrected chi connectivity index (χ0v) is 15.8. The third-order valence-corrected chi connectivity index (χ3v) is 4.15. The van der Waals surface area contributed by atoms with Crippen LogP contribution in [0.1, 0.15) is 45.4 Å². The number of halogens is 4. The van der Waals surface area contributed by atoms with Gasteiger partial charge in [0, 0.05) is 23.9 Å². The molecule has 2 N–H and O–H groups in total. The summed E-state index contributed by atoms with van der Waals surface area (Å²) in [6.07, 6.45) is -5.09. The van der Waals surface area contributed by atoms with Crippen LogP contribution in [0.3, 0.4) is 0 Å². The number of phenols is 1. The number of rotatable bonds is 5. The van der Waals surface area contributed by atoms with E-state index in [9.17, 15) is 27.8 Å². The second-order valence-electron chi connectivity index (χ2n) is 6.75. The lowest BCUT2D eigenvalue weighted by Crippen LogP contribution is -2.51. The number of alkyl halides is 3. The number of phenolic OH excluding ortho intramolecular Hbond substituents is 1. The molecular formula is C20H25F4NO2. The molecule has 27 heavy (non-hydrogen) atoms. The van der Waals surface area contributed by atoms with Gasteiger partial charge < -0.3 is 10.2 Å². The largest absolute Gasteiger partial charge is 0.508 e. The average molecular weight is 387 g/mol. The number of hydrogen-bond donors (Lipinski definition) is 2. The topological polar surface area (TPSA) is 53.4 Å². The van der Waals surface area contributed by atoms with Crippen LogP contribution in [0.5, 0.6) is 5.75 Å². The zero-order valence-electron chi connectivity index (χ0n) is 15.8. The molecule has 0 saturated carbocycles. The summed E-state index contributed by atoms with van der Waals surface area (Å²) in [6, 6.07) is 7.56. The van der Waals surface area contributed by atoms with Crippen molar-refractivity contribution >= 4 is 0 Å². The maximum atomic E-state index is 13.6. The molecule has 1 aromatic carbocycles. The van der Waals surface area contributed by atoms with Crippen molar-refractivity contribution in [2.24, 2.45) is 0 Å². The highest BCUT2D eigenvalue weighted by molar-refractivity contribution is 5.38. The predicted molar refractivity (Wildman–Crippen MR) is 96.0 cm³/mol. The zero-order chi connectivity index (χ0) is 20.9. The van der Waals surface area contributed by atoms with Crippen molar-refractivity contribution < 1.29 is 27.8 Å². The number of aromatic nitrogens is 1. The fourth-order valence-corrected chi connectivity index (χ4v) is 2.94. The Morgan fingerprint density at radius 2 is 1.67 bits per heavy atom. The summed E-state index contributed by atoms with van der Waals surface area (Å²) in [5, 5.41) is 20.3. The molecule has 1 heterocycles. The Labute approximate surface area is 156 Å². The number of pyridine rings is 1. The van der Waals surface area contributed by atoms with Crippen LogP contribution in [-0.4, -0.2) is 27.0 Å². The van der Waals surface area contributed by atoms with E-state index in [1.807, 2.05) is 13.8 Å². The second-order valence-corrected chi connectivity index (χ2v) is 6.75. The van der Waals surface area contributed by atoms with Gasteiger partial charge in [0.2, 0.25) is 0 Å². The van der Waals surface area contributed by atoms with Crippen molar-refractivity contribution in [2.45, 2.75) is 57.7 Å². The number of nitrogens with zero attached hydrogens (tertiary/aromatic N) is 1. The van der Waals surface area contributed by atoms with E-state index in [0.29, 0.717) is 0 Å². The first kappa shape index (κ1) is 22.9. The standard InChI is InChI=1S/C18H19F4NO2.C2H6/c1-16(2,14-9-12(19)6-7-15(14)24)11-17(25,18(20,21)22)10-13-5-3-4-8-23-13;1-2/h3-9,24-25H,10-11H2,1-2H3;1-2H3. The van der Waals surface area contributed by atoms with Gasteiger partial charge in [0.25, 0.3) is 0 Å². The van der Waals surface area contributed by atoms with E-state index in [-0.39, 0.29) is 17.0 Å². The van der Waals surface area contributed by atoms with Crippen LogP contribution in [0.15, 0.2) is 42.6 Å². The third kappa shape index (κ3) is 5.66. The van der Waals surface area contributed by atoms with Gasteiger partial charge in [0.1, 0.15) is 11.6 Å². The molecule has 1 atom stereocenters. The molecule has 150 valence electrons. The van der Waals surface area contributed by atoms with Crippen LogP contribution in [0.4, 0.5) is 17.6 Å². The van der Waals surface area contributed by atoms with E-state index < -0.39 is 35.9 Å². The Morgan fingerprint density at radius 1 is 1.04 bits per heavy atom. The maximum absolute atomic E-state index is 13.6. The van der Waals surface area contributed by atoms with Crippen LogP contribution in [0.2, 0.25) is 0 Å². The minimum absolute atomic E-state index is 0.00352. The Morgan fingerprint density at radius 3 is 2.19 bits per heavy atom. The van der Waals surface area contributed by atoms with Crippen molar-refractivity contribution in [3.63, 3.8) is 0 Å². The summed E-state index contributed by atoms with van der Waals surface area (Å²) in [4.78, 5) is 3.84. The SMILES string of the molecule is CC.CC(C)(CC(O)(Cc1ccccn1)C(F)(F)F)c1cc(F)ccc1O. The van der Waals surface area contributed by atoms with E-state index in [4.69, 9.17) is 0 Å². The molecule has 0 bridgehead atoms. The lowest BCUT2D eigenvalue weighted by Gasteiger charge is -2.38. The third-order valence-electron chi connectivity index (χ3n) is 4.15. The summed E-state index contributed by atoms with van der Waals surface area (Å²) in [7, 11) is 0. The summed E-state index contributed by atoms with van der Waals surface area (Å²) in [6.45, 7) is 6.83. The molecule has 0 spiro atoms. The normalized spacial score (nSPS) is 14.1. The van der Waals surface area contributed by atoms with Gasteiger partial charge in [-0.25, -0.2) is 4.39 Å². The first-order chi connectivity index (χ1) is 12.4. The molecule has 2 aromatic rings. The van der Waals surface area contributed by atoms with Crippen molar-refractivity contribution in [1.82, 2.24) is 4.98 Å². The minimum Gasteiger partial charge on any atom is -0.508 e. The summed E-state index contributed by atoms with van der Waals surface area (Å²) >= 11 is 0. The van der Waals surface area contributed by atoms with Crippen molar-refractivity contribution in [3.8, 4) is 5.75 Å². The summed E-state index contributed by atoms with van der Waals surface area (Å²) < 4.78 is 54.3. The average Bonchev–Trinajstić information content (AvgIpc) is 2.58. The Balaban J connectivity index is 0.00000176. The molecular weight excluding hydrogens is 362 g/mol. The van der Waals surface area contributed by atoms with E-state index in [1.54, 1.807) is 6.07 Å². The first-order valence-corrected chi connectivity index (χ1v) is 8.63. The highest BCUT2D eigenvalue weighted by atomic mass is 19.4. The van der Waals surface area contributed by atoms with Crippen LogP contribution in [-0.2, 0) is 11.8 Å². The number of aliphatic hydroxyl groups is 1. The Kier molecular flexibility index (Phi) is 7.37. The van der Waals surface area contributed by atoms with Gasteiger partial charge in [-0.15, -0.1) is 0 Å². The number of aromatic hydroxyl groups is 1. The first-order valence-electron chi connectivity index (χ1n) is 8.63. The fraction of sp³-hybridized carbons (Fsp3) is 0.450. The molecule has 3 nitrogen and oxygen atoms in total. The van der Waals surface area contributed by atoms with Crippen LogP contribution < -0.4 is 0 Å². The minimum atomic E-state index is -4.93. The smallest absolute Gasteiger partial charge is 0.417 e. The van der Waals surface area contributed by atoms with Gasteiger partial charge in [-0.05, 0) is 42.2 Å². The quantitative estimate of drug-likeness (QED) is 0.697. The second kappa shape index (κ2) is 8.69. The van der Waals surface area contributed by atoms with E-state index in [2.05, 4.69) is 4.98 Å². The molecule has 2 rings (SSSR count). The Bertz CT molecular complexity index is 733. The molecule has 7 heteroatoms. The van der Waals surface area contributed by atoms with Gasteiger partial charge in [-0.1, -0.05) is 33.8 Å². The van der Waals surface area contributed by atoms with Crippen LogP contribution >= 0.6 is 0 Å². The molecule has 0 aliphatic rings. The number of hydrogen-bond acceptors (Lipinski definition) is 3. The molecule has 0 amide bonds. The lowest BCUT2D eigenvalue weighted by molar-refractivity contribution is -0.266. The highest BCUT2D eigenvalue weighted by Crippen LogP contribution is 2.44. The van der Waals surface area contributed by atoms with E-state index in [1.165, 1.54) is 32.2 Å². The molecule has 0 saturated heterocycles. The fourth-order valence-electron chi connectivity index (χ4n) is 2.94. The van der Waals surface area contributed by atoms with Crippen molar-refractivity contribution in [3.05, 3.63) is 59.7 Å². The monoisotopic (exact) mass is 387 g/mol. The molecule has 0 fully saturated rings. The van der Waals surface area contributed by atoms with Crippen LogP contribution in [0.25, 0.3) is 0 Å². The van der Waals surface area contributed by atoms with Gasteiger partial charge in [0.05, 0.1) is 0 Å². The van der Waals surface area contributed by atoms with Crippen LogP contribution in [0, 0.1) is 5.82 Å². The summed E-state index contributed by atoms with van der Waals surface area (Å²) in [5.41, 5.74) is -4.34. The Hall–Kier alpha value is -2.15. The lowest BCUT2D eigenvalue weighted by atomic mass is 9.73. The molecule has 1 aromatic heterocycles. The van der Waals surface area contributed by atoms with E-state index >= 15 is 0 Å². The van der Waals surface area contributed by atoms with E-state index in [0.717, 1.165) is 18.2 Å². The molecule has 0 aliphatic heterocycles. The maximum Gasteiger partial charge on any atom is 0.417 e. The van der Waals surface area contributed by atoms with Gasteiger partial charge in [-0.2, -0.15) is 13.2 Å².